The van der Waals surface area contributed by atoms with Gasteiger partial charge in [-0.15, -0.1) is 0 Å². The van der Waals surface area contributed by atoms with Crippen molar-refractivity contribution in [2.45, 2.75) is 6.54 Å². The Morgan fingerprint density at radius 3 is 2.36 bits per heavy atom. The second kappa shape index (κ2) is 5.93. The van der Waals surface area contributed by atoms with Gasteiger partial charge in [-0.3, -0.25) is 9.79 Å². The van der Waals surface area contributed by atoms with E-state index < -0.39 is 0 Å². The van der Waals surface area contributed by atoms with Crippen LogP contribution in [0.3, 0.4) is 0 Å². The minimum atomic E-state index is 0.0683. The highest BCUT2D eigenvalue weighted by atomic mass is 79.9. The molecule has 3 aromatic rings. The topological polar surface area (TPSA) is 39.3 Å². The summed E-state index contributed by atoms with van der Waals surface area (Å²) in [4.78, 5) is 16.9. The summed E-state index contributed by atoms with van der Waals surface area (Å²) < 4.78 is 4.93. The third kappa shape index (κ3) is 2.52. The number of hydrogen-bond donors (Lipinski definition) is 0. The molecule has 5 heteroatoms. The number of halogens is 1. The molecule has 0 atom stereocenters. The van der Waals surface area contributed by atoms with Gasteiger partial charge in [0.1, 0.15) is 0 Å². The molecular formula is C17H16BrN3O. The summed E-state index contributed by atoms with van der Waals surface area (Å²) in [6.07, 6.45) is 0. The van der Waals surface area contributed by atoms with E-state index in [0.29, 0.717) is 5.56 Å². The number of imidazole rings is 1. The molecule has 0 saturated heterocycles. The highest BCUT2D eigenvalue weighted by Gasteiger charge is 2.13. The van der Waals surface area contributed by atoms with Gasteiger partial charge in [0.05, 0.1) is 17.6 Å². The van der Waals surface area contributed by atoms with Crippen molar-refractivity contribution in [1.29, 1.82) is 0 Å². The maximum atomic E-state index is 12.6. The molecule has 2 aromatic carbocycles. The van der Waals surface area contributed by atoms with Gasteiger partial charge in [0.15, 0.2) is 5.78 Å². The summed E-state index contributed by atoms with van der Waals surface area (Å²) >= 11 is 3.39. The number of aryl methyl sites for hydroxylation is 1. The van der Waals surface area contributed by atoms with Crippen LogP contribution < -0.4 is 5.62 Å². The van der Waals surface area contributed by atoms with E-state index >= 15 is 0 Å². The molecule has 0 fully saturated rings. The molecule has 0 N–H and O–H groups in total. The van der Waals surface area contributed by atoms with Crippen molar-refractivity contribution in [2.24, 2.45) is 12.0 Å². The molecule has 0 aliphatic rings. The zero-order valence-electron chi connectivity index (χ0n) is 12.5. The highest BCUT2D eigenvalue weighted by Crippen LogP contribution is 2.14. The molecule has 3 rings (SSSR count). The van der Waals surface area contributed by atoms with Crippen LogP contribution >= 0.6 is 15.9 Å². The quantitative estimate of drug-likeness (QED) is 0.663. The molecule has 0 aliphatic carbocycles. The van der Waals surface area contributed by atoms with Gasteiger partial charge in [0.25, 0.3) is 0 Å². The van der Waals surface area contributed by atoms with Crippen LogP contribution in [-0.2, 0) is 13.6 Å². The molecule has 0 aliphatic heterocycles. The lowest BCUT2D eigenvalue weighted by Gasteiger charge is -2.05. The summed E-state index contributed by atoms with van der Waals surface area (Å²) in [5.74, 6) is 0.0683. The van der Waals surface area contributed by atoms with Crippen molar-refractivity contribution in [2.75, 3.05) is 7.05 Å². The van der Waals surface area contributed by atoms with Crippen molar-refractivity contribution in [3.05, 3.63) is 64.2 Å². The SMILES string of the molecule is C/N=c1/n(C)c2ccccc2n1CC(=O)c1ccc(Br)cc1. The Kier molecular flexibility index (Phi) is 3.98. The zero-order valence-corrected chi connectivity index (χ0v) is 14.0. The lowest BCUT2D eigenvalue weighted by Crippen LogP contribution is -2.27. The third-order valence-corrected chi connectivity index (χ3v) is 4.27. The molecule has 4 nitrogen and oxygen atoms in total. The van der Waals surface area contributed by atoms with Crippen LogP contribution in [0.2, 0.25) is 0 Å². The molecule has 0 unspecified atom stereocenters. The number of ketones is 1. The molecule has 1 aromatic heterocycles. The van der Waals surface area contributed by atoms with Crippen molar-refractivity contribution >= 4 is 32.7 Å². The van der Waals surface area contributed by atoms with Gasteiger partial charge in [-0.25, -0.2) is 0 Å². The molecule has 0 amide bonds. The molecule has 0 spiro atoms. The van der Waals surface area contributed by atoms with Gasteiger partial charge in [-0.2, -0.15) is 0 Å². The summed E-state index contributed by atoms with van der Waals surface area (Å²) in [7, 11) is 3.71. The van der Waals surface area contributed by atoms with Crippen LogP contribution in [0.5, 0.6) is 0 Å². The fourth-order valence-corrected chi connectivity index (χ4v) is 2.93. The van der Waals surface area contributed by atoms with E-state index in [4.69, 9.17) is 0 Å². The molecule has 1 heterocycles. The first-order valence-corrected chi connectivity index (χ1v) is 7.77. The number of benzene rings is 2. The lowest BCUT2D eigenvalue weighted by molar-refractivity contribution is 0.0971. The molecule has 0 bridgehead atoms. The van der Waals surface area contributed by atoms with Crippen LogP contribution in [0.4, 0.5) is 0 Å². The smallest absolute Gasteiger partial charge is 0.205 e. The van der Waals surface area contributed by atoms with Crippen LogP contribution in [0.1, 0.15) is 10.4 Å². The van der Waals surface area contributed by atoms with E-state index in [0.717, 1.165) is 21.1 Å². The number of carbonyl (C=O) groups excluding carboxylic acids is 1. The van der Waals surface area contributed by atoms with Gasteiger partial charge in [-0.1, -0.05) is 40.2 Å². The summed E-state index contributed by atoms with van der Waals surface area (Å²) in [5.41, 5.74) is 3.56. The summed E-state index contributed by atoms with van der Waals surface area (Å²) in [6, 6.07) is 15.4. The van der Waals surface area contributed by atoms with Gasteiger partial charge >= 0.3 is 0 Å². The molecule has 0 saturated carbocycles. The maximum absolute atomic E-state index is 12.6. The lowest BCUT2D eigenvalue weighted by atomic mass is 10.1. The first-order valence-electron chi connectivity index (χ1n) is 6.97. The number of carbonyl (C=O) groups is 1. The summed E-state index contributed by atoms with van der Waals surface area (Å²) in [5, 5.41) is 0. The van der Waals surface area contributed by atoms with Crippen molar-refractivity contribution < 1.29 is 4.79 Å². The number of hydrogen-bond acceptors (Lipinski definition) is 2. The number of Topliss-reactive ketones (excluding diaryl/α,β-unsaturated/α-hetero) is 1. The normalized spacial score (nSPS) is 12.0. The number of para-hydroxylation sites is 2. The van der Waals surface area contributed by atoms with E-state index in [1.807, 2.05) is 64.7 Å². The molecule has 0 radical (unpaired) electrons. The predicted octanol–water partition coefficient (Wildman–Crippen LogP) is 3.16. The van der Waals surface area contributed by atoms with Gasteiger partial charge in [0.2, 0.25) is 5.62 Å². The monoisotopic (exact) mass is 357 g/mol. The minimum absolute atomic E-state index is 0.0683. The van der Waals surface area contributed by atoms with Crippen molar-refractivity contribution in [3.63, 3.8) is 0 Å². The Hall–Kier alpha value is -2.14. The van der Waals surface area contributed by atoms with Crippen LogP contribution in [0.25, 0.3) is 11.0 Å². The first kappa shape index (κ1) is 14.8. The zero-order chi connectivity index (χ0) is 15.7. The molecule has 112 valence electrons. The van der Waals surface area contributed by atoms with E-state index in [-0.39, 0.29) is 12.3 Å². The van der Waals surface area contributed by atoms with Crippen molar-refractivity contribution in [1.82, 2.24) is 9.13 Å². The van der Waals surface area contributed by atoms with E-state index in [1.54, 1.807) is 7.05 Å². The minimum Gasteiger partial charge on any atom is -0.313 e. The number of nitrogens with zero attached hydrogens (tertiary/aromatic N) is 3. The Morgan fingerprint density at radius 2 is 1.73 bits per heavy atom. The van der Waals surface area contributed by atoms with Gasteiger partial charge in [-0.05, 0) is 24.3 Å². The molecule has 22 heavy (non-hydrogen) atoms. The molecular weight excluding hydrogens is 342 g/mol. The Labute approximate surface area is 136 Å². The van der Waals surface area contributed by atoms with Gasteiger partial charge in [0, 0.05) is 24.1 Å². The highest BCUT2D eigenvalue weighted by molar-refractivity contribution is 9.10. The fourth-order valence-electron chi connectivity index (χ4n) is 2.67. The van der Waals surface area contributed by atoms with Gasteiger partial charge < -0.3 is 9.13 Å². The average Bonchev–Trinajstić information content (AvgIpc) is 2.80. The largest absolute Gasteiger partial charge is 0.313 e. The Balaban J connectivity index is 2.07. The number of aromatic nitrogens is 2. The first-order chi connectivity index (χ1) is 10.6. The van der Waals surface area contributed by atoms with Crippen LogP contribution in [-0.4, -0.2) is 22.0 Å². The Morgan fingerprint density at radius 1 is 1.09 bits per heavy atom. The standard InChI is InChI=1S/C17H16BrN3O/c1-19-17-20(2)14-5-3-4-6-15(14)21(17)11-16(22)12-7-9-13(18)10-8-12/h3-10H,11H2,1-2H3/b19-17-. The summed E-state index contributed by atoms with van der Waals surface area (Å²) in [6.45, 7) is 0.273. The van der Waals surface area contributed by atoms with E-state index in [1.165, 1.54) is 0 Å². The van der Waals surface area contributed by atoms with Crippen molar-refractivity contribution in [3.8, 4) is 0 Å². The predicted molar refractivity (Wildman–Crippen MR) is 90.9 cm³/mol. The average molecular weight is 358 g/mol. The van der Waals surface area contributed by atoms with Crippen LogP contribution in [0.15, 0.2) is 58.0 Å². The second-order valence-electron chi connectivity index (χ2n) is 5.09. The van der Waals surface area contributed by atoms with E-state index in [9.17, 15) is 4.79 Å². The van der Waals surface area contributed by atoms with Crippen LogP contribution in [0, 0.1) is 0 Å². The Bertz CT molecular complexity index is 904. The fraction of sp³-hybridized carbons (Fsp3) is 0.176. The second-order valence-corrected chi connectivity index (χ2v) is 6.00. The number of fused-ring (bicyclic) bond motifs is 1. The number of rotatable bonds is 3. The van der Waals surface area contributed by atoms with E-state index in [2.05, 4.69) is 20.9 Å². The maximum Gasteiger partial charge on any atom is 0.205 e. The third-order valence-electron chi connectivity index (χ3n) is 3.74.